The lowest BCUT2D eigenvalue weighted by atomic mass is 9.43. The van der Waals surface area contributed by atoms with E-state index in [0.29, 0.717) is 17.8 Å². The van der Waals surface area contributed by atoms with Crippen LogP contribution >= 0.6 is 0 Å². The first-order chi connectivity index (χ1) is 11.9. The molecule has 1 unspecified atom stereocenters. The summed E-state index contributed by atoms with van der Waals surface area (Å²) in [4.78, 5) is 0. The van der Waals surface area contributed by atoms with Gasteiger partial charge in [0.1, 0.15) is 5.58 Å². The predicted octanol–water partition coefficient (Wildman–Crippen LogP) is 3.57. The van der Waals surface area contributed by atoms with E-state index in [9.17, 15) is 0 Å². The molecular formula is C20H26BNO3. The van der Waals surface area contributed by atoms with Crippen LogP contribution in [-0.2, 0) is 15.7 Å². The minimum absolute atomic E-state index is 0.182. The molecule has 2 bridgehead atoms. The Bertz CT molecular complexity index is 818. The Hall–Kier alpha value is -1.30. The van der Waals surface area contributed by atoms with Gasteiger partial charge in [-0.2, -0.15) is 0 Å². The molecule has 3 aliphatic carbocycles. The summed E-state index contributed by atoms with van der Waals surface area (Å²) < 4.78 is 18.4. The molecule has 0 amide bonds. The fourth-order valence-electron chi connectivity index (χ4n) is 5.62. The number of benzene rings is 1. The molecule has 4 nitrogen and oxygen atoms in total. The van der Waals surface area contributed by atoms with Crippen molar-refractivity contribution in [3.63, 3.8) is 0 Å². The Morgan fingerprint density at radius 3 is 2.84 bits per heavy atom. The van der Waals surface area contributed by atoms with Crippen molar-refractivity contribution in [3.05, 3.63) is 36.1 Å². The second kappa shape index (κ2) is 5.12. The Kier molecular flexibility index (Phi) is 3.26. The third kappa shape index (κ3) is 2.12. The summed E-state index contributed by atoms with van der Waals surface area (Å²) >= 11 is 0. The summed E-state index contributed by atoms with van der Waals surface area (Å²) in [6.45, 7) is 6.99. The number of rotatable bonds is 3. The standard InChI is InChI=1S/C20H26BNO3/c1-19(2)13-9-16(19)20(3)17(10-13)24-21(25-20)18(22)8-12-11-23-15-7-5-4-6-14(12)15/h4-7,11,13,16-18H,8-10,22H2,1-3H3/t13?,16-,17+,18-,20-/m0/s1. The molecule has 0 spiro atoms. The predicted molar refractivity (Wildman–Crippen MR) is 98.0 cm³/mol. The van der Waals surface area contributed by atoms with E-state index in [-0.39, 0.29) is 24.8 Å². The molecule has 5 atom stereocenters. The molecule has 4 aliphatic rings. The fraction of sp³-hybridized carbons (Fsp3) is 0.600. The first-order valence-corrected chi connectivity index (χ1v) is 9.43. The number of nitrogens with two attached hydrogens (primary N) is 1. The zero-order valence-corrected chi connectivity index (χ0v) is 15.2. The first kappa shape index (κ1) is 15.9. The summed E-state index contributed by atoms with van der Waals surface area (Å²) in [7, 11) is -0.334. The normalized spacial score (nSPS) is 37.0. The van der Waals surface area contributed by atoms with Crippen LogP contribution in [0.4, 0.5) is 0 Å². The minimum atomic E-state index is -0.334. The fourth-order valence-corrected chi connectivity index (χ4v) is 5.62. The Morgan fingerprint density at radius 2 is 2.04 bits per heavy atom. The zero-order valence-electron chi connectivity index (χ0n) is 15.2. The van der Waals surface area contributed by atoms with Crippen LogP contribution in [0.5, 0.6) is 0 Å². The van der Waals surface area contributed by atoms with Crippen molar-refractivity contribution in [2.24, 2.45) is 23.0 Å². The molecular weight excluding hydrogens is 313 g/mol. The van der Waals surface area contributed by atoms with Gasteiger partial charge in [0.2, 0.25) is 0 Å². The SMILES string of the molecule is CC1(C)C2C[C@H]3OB([C@@H](N)Cc4coc5ccccc45)O[C@@]3(C)[C@H]1C2. The van der Waals surface area contributed by atoms with Gasteiger partial charge in [-0.25, -0.2) is 0 Å². The van der Waals surface area contributed by atoms with Gasteiger partial charge in [0.05, 0.1) is 18.0 Å². The van der Waals surface area contributed by atoms with Crippen LogP contribution in [0, 0.1) is 17.3 Å². The molecule has 5 heteroatoms. The quantitative estimate of drug-likeness (QED) is 0.869. The third-order valence-corrected chi connectivity index (χ3v) is 7.34. The summed E-state index contributed by atoms with van der Waals surface area (Å²) in [5.74, 6) is 1.13. The van der Waals surface area contributed by atoms with Crippen molar-refractivity contribution in [1.82, 2.24) is 0 Å². The topological polar surface area (TPSA) is 57.6 Å². The molecule has 1 aliphatic heterocycles. The van der Waals surface area contributed by atoms with Gasteiger partial charge in [-0.05, 0) is 55.1 Å². The van der Waals surface area contributed by atoms with Crippen LogP contribution in [0.15, 0.2) is 34.9 Å². The highest BCUT2D eigenvalue weighted by atomic mass is 16.7. The number of hydrogen-bond donors (Lipinski definition) is 1. The minimum Gasteiger partial charge on any atom is -0.464 e. The lowest BCUT2D eigenvalue weighted by Crippen LogP contribution is -2.65. The van der Waals surface area contributed by atoms with Crippen LogP contribution in [0.2, 0.25) is 0 Å². The van der Waals surface area contributed by atoms with Gasteiger partial charge in [-0.15, -0.1) is 0 Å². The van der Waals surface area contributed by atoms with Crippen molar-refractivity contribution in [1.29, 1.82) is 0 Å². The number of para-hydroxylation sites is 1. The average molecular weight is 339 g/mol. The van der Waals surface area contributed by atoms with Crippen LogP contribution in [-0.4, -0.2) is 24.8 Å². The van der Waals surface area contributed by atoms with E-state index in [4.69, 9.17) is 19.5 Å². The average Bonchev–Trinajstić information content (AvgIpc) is 3.15. The molecule has 4 fully saturated rings. The van der Waals surface area contributed by atoms with Crippen molar-refractivity contribution in [2.75, 3.05) is 0 Å². The molecule has 25 heavy (non-hydrogen) atoms. The zero-order chi connectivity index (χ0) is 17.4. The van der Waals surface area contributed by atoms with Gasteiger partial charge in [0.15, 0.2) is 0 Å². The van der Waals surface area contributed by atoms with E-state index in [1.165, 1.54) is 6.42 Å². The smallest absolute Gasteiger partial charge is 0.464 e. The molecule has 3 saturated carbocycles. The Labute approximate surface area is 149 Å². The van der Waals surface area contributed by atoms with Crippen molar-refractivity contribution < 1.29 is 13.7 Å². The molecule has 2 aromatic rings. The van der Waals surface area contributed by atoms with Crippen molar-refractivity contribution in [3.8, 4) is 0 Å². The maximum atomic E-state index is 6.51. The van der Waals surface area contributed by atoms with E-state index < -0.39 is 0 Å². The van der Waals surface area contributed by atoms with Gasteiger partial charge < -0.3 is 19.5 Å². The molecule has 2 heterocycles. The van der Waals surface area contributed by atoms with Crippen molar-refractivity contribution in [2.45, 2.75) is 57.7 Å². The lowest BCUT2D eigenvalue weighted by molar-refractivity contribution is -0.199. The van der Waals surface area contributed by atoms with E-state index in [1.807, 2.05) is 24.5 Å². The van der Waals surface area contributed by atoms with Crippen LogP contribution in [0.1, 0.15) is 39.2 Å². The second-order valence-electron chi connectivity index (χ2n) is 8.96. The first-order valence-electron chi connectivity index (χ1n) is 9.43. The summed E-state index contributed by atoms with van der Waals surface area (Å²) in [6, 6.07) is 8.08. The van der Waals surface area contributed by atoms with E-state index in [0.717, 1.165) is 28.9 Å². The van der Waals surface area contributed by atoms with Gasteiger partial charge in [0.25, 0.3) is 0 Å². The van der Waals surface area contributed by atoms with Crippen LogP contribution in [0.3, 0.4) is 0 Å². The molecule has 2 N–H and O–H groups in total. The maximum Gasteiger partial charge on any atom is 0.475 e. The highest BCUT2D eigenvalue weighted by Gasteiger charge is 2.68. The van der Waals surface area contributed by atoms with Gasteiger partial charge in [-0.3, -0.25) is 0 Å². The Morgan fingerprint density at radius 1 is 1.24 bits per heavy atom. The molecule has 6 rings (SSSR count). The van der Waals surface area contributed by atoms with E-state index in [2.05, 4.69) is 26.8 Å². The summed E-state index contributed by atoms with van der Waals surface area (Å²) in [6.07, 6.45) is 5.05. The van der Waals surface area contributed by atoms with E-state index >= 15 is 0 Å². The number of fused-ring (bicyclic) bond motifs is 1. The molecule has 1 aromatic carbocycles. The van der Waals surface area contributed by atoms with Crippen LogP contribution in [0.25, 0.3) is 11.0 Å². The second-order valence-corrected chi connectivity index (χ2v) is 8.96. The van der Waals surface area contributed by atoms with Crippen LogP contribution < -0.4 is 5.73 Å². The van der Waals surface area contributed by atoms with Gasteiger partial charge >= 0.3 is 7.12 Å². The largest absolute Gasteiger partial charge is 0.475 e. The highest BCUT2D eigenvalue weighted by Crippen LogP contribution is 2.65. The Balaban J connectivity index is 1.35. The molecule has 132 valence electrons. The summed E-state index contributed by atoms with van der Waals surface area (Å²) in [5, 5.41) is 1.13. The van der Waals surface area contributed by atoms with E-state index in [1.54, 1.807) is 0 Å². The third-order valence-electron chi connectivity index (χ3n) is 7.34. The molecule has 0 radical (unpaired) electrons. The summed E-state index contributed by atoms with van der Waals surface area (Å²) in [5.41, 5.74) is 8.70. The number of furan rings is 1. The van der Waals surface area contributed by atoms with Crippen molar-refractivity contribution >= 4 is 18.1 Å². The highest BCUT2D eigenvalue weighted by molar-refractivity contribution is 6.47. The monoisotopic (exact) mass is 339 g/mol. The number of hydrogen-bond acceptors (Lipinski definition) is 4. The molecule has 1 aromatic heterocycles. The maximum absolute atomic E-state index is 6.51. The molecule has 1 saturated heterocycles. The van der Waals surface area contributed by atoms with Gasteiger partial charge in [-0.1, -0.05) is 32.0 Å². The lowest BCUT2D eigenvalue weighted by Gasteiger charge is -2.64. The van der Waals surface area contributed by atoms with Gasteiger partial charge in [0, 0.05) is 11.3 Å².